The van der Waals surface area contributed by atoms with Crippen LogP contribution in [0.1, 0.15) is 20.8 Å². The number of halogens is 1. The van der Waals surface area contributed by atoms with Crippen LogP contribution in [0.25, 0.3) is 0 Å². The van der Waals surface area contributed by atoms with Crippen molar-refractivity contribution in [2.24, 2.45) is 0 Å². The zero-order chi connectivity index (χ0) is 28.9. The molecular formula is C27H34ClN7O4S. The molecule has 11 nitrogen and oxygen atoms in total. The van der Waals surface area contributed by atoms with Gasteiger partial charge in [0.25, 0.3) is 0 Å². The fourth-order valence-corrected chi connectivity index (χ4v) is 4.68. The van der Waals surface area contributed by atoms with Gasteiger partial charge in [0.15, 0.2) is 5.82 Å². The number of ether oxygens (including phenoxy) is 2. The van der Waals surface area contributed by atoms with E-state index in [4.69, 9.17) is 21.1 Å². The van der Waals surface area contributed by atoms with Crippen molar-refractivity contribution in [3.05, 3.63) is 53.7 Å². The molecule has 0 radical (unpaired) electrons. The summed E-state index contributed by atoms with van der Waals surface area (Å²) in [5.41, 5.74) is 2.45. The Morgan fingerprint density at radius 1 is 1.05 bits per heavy atom. The summed E-state index contributed by atoms with van der Waals surface area (Å²) in [7, 11) is 1.60. The fourth-order valence-electron chi connectivity index (χ4n) is 4.05. The summed E-state index contributed by atoms with van der Waals surface area (Å²) in [5, 5.41) is 6.71. The molecule has 1 fully saturated rings. The van der Waals surface area contributed by atoms with Gasteiger partial charge in [-0.15, -0.1) is 0 Å². The highest BCUT2D eigenvalue weighted by atomic mass is 35.5. The van der Waals surface area contributed by atoms with Gasteiger partial charge in [-0.3, -0.25) is 0 Å². The van der Waals surface area contributed by atoms with Crippen molar-refractivity contribution in [3.63, 3.8) is 0 Å². The van der Waals surface area contributed by atoms with Crippen LogP contribution in [0.5, 0.6) is 5.75 Å². The highest BCUT2D eigenvalue weighted by molar-refractivity contribution is 7.92. The molecule has 1 amide bonds. The maximum atomic E-state index is 12.4. The van der Waals surface area contributed by atoms with E-state index in [0.29, 0.717) is 65.8 Å². The maximum Gasteiger partial charge on any atom is 0.410 e. The molecule has 2 aromatic carbocycles. The van der Waals surface area contributed by atoms with Crippen molar-refractivity contribution in [1.82, 2.24) is 14.9 Å². The van der Waals surface area contributed by atoms with Crippen molar-refractivity contribution < 1.29 is 18.8 Å². The molecule has 0 saturated carbocycles. The zero-order valence-corrected chi connectivity index (χ0v) is 24.7. The summed E-state index contributed by atoms with van der Waals surface area (Å²) in [5.74, 6) is 1.31. The lowest BCUT2D eigenvalue weighted by atomic mass is 10.2. The molecule has 214 valence electrons. The minimum Gasteiger partial charge on any atom is -0.593 e. The highest BCUT2D eigenvalue weighted by Crippen LogP contribution is 2.34. The Bertz CT molecular complexity index is 1330. The number of carbonyl (C=O) groups is 1. The first-order valence-corrected chi connectivity index (χ1v) is 14.6. The van der Waals surface area contributed by atoms with Gasteiger partial charge in [-0.1, -0.05) is 23.7 Å². The van der Waals surface area contributed by atoms with Crippen LogP contribution in [0.4, 0.5) is 39.3 Å². The van der Waals surface area contributed by atoms with Crippen LogP contribution in [0.2, 0.25) is 5.02 Å². The van der Waals surface area contributed by atoms with E-state index in [0.717, 1.165) is 5.69 Å². The van der Waals surface area contributed by atoms with Gasteiger partial charge in [0, 0.05) is 37.9 Å². The molecule has 0 spiro atoms. The molecule has 1 atom stereocenters. The van der Waals surface area contributed by atoms with Crippen LogP contribution in [-0.4, -0.2) is 70.7 Å². The van der Waals surface area contributed by atoms with E-state index in [-0.39, 0.29) is 6.09 Å². The number of piperazine rings is 1. The number of anilines is 6. The summed E-state index contributed by atoms with van der Waals surface area (Å²) in [6.45, 7) is 8.08. The second-order valence-electron chi connectivity index (χ2n) is 10.1. The second-order valence-corrected chi connectivity index (χ2v) is 11.6. The molecule has 3 aromatic rings. The average Bonchev–Trinajstić information content (AvgIpc) is 2.90. The Hall–Kier alpha value is -3.61. The third-order valence-electron chi connectivity index (χ3n) is 5.91. The van der Waals surface area contributed by atoms with Gasteiger partial charge in [0.1, 0.15) is 28.3 Å². The summed E-state index contributed by atoms with van der Waals surface area (Å²) in [6, 6.07) is 13.1. The smallest absolute Gasteiger partial charge is 0.410 e. The van der Waals surface area contributed by atoms with Gasteiger partial charge >= 0.3 is 6.09 Å². The van der Waals surface area contributed by atoms with E-state index in [9.17, 15) is 9.35 Å². The van der Waals surface area contributed by atoms with Crippen LogP contribution >= 0.6 is 11.6 Å². The molecule has 3 N–H and O–H groups in total. The summed E-state index contributed by atoms with van der Waals surface area (Å²) in [6.07, 6.45) is 2.76. The number of carbonyl (C=O) groups excluding carboxylic acids is 1. The molecule has 0 aliphatic carbocycles. The molecule has 0 bridgehead atoms. The predicted molar refractivity (Wildman–Crippen MR) is 161 cm³/mol. The van der Waals surface area contributed by atoms with Crippen LogP contribution in [0.15, 0.2) is 48.7 Å². The van der Waals surface area contributed by atoms with Gasteiger partial charge in [-0.25, -0.2) is 14.5 Å². The monoisotopic (exact) mass is 587 g/mol. The molecular weight excluding hydrogens is 554 g/mol. The molecule has 4 rings (SSSR count). The lowest BCUT2D eigenvalue weighted by Crippen LogP contribution is -2.50. The fraction of sp³-hybridized carbons (Fsp3) is 0.370. The third-order valence-corrected chi connectivity index (χ3v) is 6.69. The standard InChI is InChI=1S/C27H34ClN7O4S/c1-27(2,3)39-26(36)35-14-12-34(13-15-35)18-10-11-22(23(16-18)38-4)31-25-29-17-19(28)24(32-25)30-20-8-6-7-9-21(20)33-40(5)37/h6-11,16-17,33H,12-15H2,1-5H3,(H2,29,30,31,32). The molecule has 2 heterocycles. The number of nitrogens with zero attached hydrogens (tertiary/aromatic N) is 4. The van der Waals surface area contributed by atoms with Crippen molar-refractivity contribution in [3.8, 4) is 5.75 Å². The van der Waals surface area contributed by atoms with Crippen LogP contribution in [-0.2, 0) is 16.1 Å². The predicted octanol–water partition coefficient (Wildman–Crippen LogP) is 5.39. The summed E-state index contributed by atoms with van der Waals surface area (Å²) < 4.78 is 25.7. The summed E-state index contributed by atoms with van der Waals surface area (Å²) in [4.78, 5) is 25.2. The Kier molecular flexibility index (Phi) is 9.33. The molecule has 1 saturated heterocycles. The number of benzene rings is 2. The normalized spacial score (nSPS) is 14.4. The quantitative estimate of drug-likeness (QED) is 0.295. The molecule has 1 aliphatic heterocycles. The number of amides is 1. The number of methoxy groups -OCH3 is 1. The SMILES string of the molecule is COc1cc(N2CCN(C(=O)OC(C)(C)C)CC2)ccc1Nc1ncc(Cl)c(Nc2ccccc2N[S+](C)[O-])n1. The number of nitrogens with one attached hydrogen (secondary N) is 3. The van der Waals surface area contributed by atoms with E-state index in [1.165, 1.54) is 6.20 Å². The highest BCUT2D eigenvalue weighted by Gasteiger charge is 2.26. The van der Waals surface area contributed by atoms with Crippen molar-refractivity contribution in [2.45, 2.75) is 26.4 Å². The summed E-state index contributed by atoms with van der Waals surface area (Å²) >= 11 is 5.13. The average molecular weight is 588 g/mol. The zero-order valence-electron chi connectivity index (χ0n) is 23.2. The minimum absolute atomic E-state index is 0.291. The Morgan fingerprint density at radius 2 is 1.75 bits per heavy atom. The second kappa shape index (κ2) is 12.7. The van der Waals surface area contributed by atoms with Crippen molar-refractivity contribution >= 4 is 63.6 Å². The lowest BCUT2D eigenvalue weighted by molar-refractivity contribution is 0.0240. The number of hydrogen-bond acceptors (Lipinski definition) is 10. The topological polar surface area (TPSA) is 127 Å². The van der Waals surface area contributed by atoms with Gasteiger partial charge in [0.2, 0.25) is 5.95 Å². The maximum absolute atomic E-state index is 12.4. The van der Waals surface area contributed by atoms with Gasteiger partial charge in [-0.05, 0) is 45.0 Å². The van der Waals surface area contributed by atoms with Crippen LogP contribution in [0, 0.1) is 0 Å². The van der Waals surface area contributed by atoms with Crippen molar-refractivity contribution in [2.75, 3.05) is 59.8 Å². The van der Waals surface area contributed by atoms with E-state index < -0.39 is 17.0 Å². The minimum atomic E-state index is -1.25. The number of rotatable bonds is 8. The van der Waals surface area contributed by atoms with E-state index >= 15 is 0 Å². The first-order valence-electron chi connectivity index (χ1n) is 12.7. The van der Waals surface area contributed by atoms with Crippen molar-refractivity contribution in [1.29, 1.82) is 0 Å². The third kappa shape index (κ3) is 7.74. The molecule has 40 heavy (non-hydrogen) atoms. The molecule has 1 unspecified atom stereocenters. The van der Waals surface area contributed by atoms with Crippen LogP contribution < -0.4 is 25.0 Å². The number of aromatic nitrogens is 2. The lowest BCUT2D eigenvalue weighted by Gasteiger charge is -2.37. The van der Waals surface area contributed by atoms with Gasteiger partial charge in [-0.2, -0.15) is 4.98 Å². The Balaban J connectivity index is 1.45. The Morgan fingerprint density at radius 3 is 2.40 bits per heavy atom. The number of hydrogen-bond donors (Lipinski definition) is 3. The number of para-hydroxylation sites is 2. The van der Waals surface area contributed by atoms with E-state index in [2.05, 4.69) is 30.2 Å². The Labute approximate surface area is 242 Å². The molecule has 13 heteroatoms. The van der Waals surface area contributed by atoms with E-state index in [1.54, 1.807) is 18.3 Å². The van der Waals surface area contributed by atoms with Gasteiger partial charge < -0.3 is 34.5 Å². The molecule has 1 aliphatic rings. The van der Waals surface area contributed by atoms with Crippen LogP contribution in [0.3, 0.4) is 0 Å². The largest absolute Gasteiger partial charge is 0.593 e. The first-order chi connectivity index (χ1) is 19.0. The first kappa shape index (κ1) is 29.4. The van der Waals surface area contributed by atoms with E-state index in [1.807, 2.05) is 63.2 Å². The molecule has 1 aromatic heterocycles. The van der Waals surface area contributed by atoms with Gasteiger partial charge in [0.05, 0.1) is 36.0 Å².